The van der Waals surface area contributed by atoms with E-state index in [1.807, 2.05) is 18.7 Å². The fourth-order valence-corrected chi connectivity index (χ4v) is 2.96. The lowest BCUT2D eigenvalue weighted by molar-refractivity contribution is -0.274. The van der Waals surface area contributed by atoms with Gasteiger partial charge >= 0.3 is 6.36 Å². The average molecular weight is 387 g/mol. The minimum absolute atomic E-state index is 0.0695. The molecule has 27 heavy (non-hydrogen) atoms. The lowest BCUT2D eigenvalue weighted by Gasteiger charge is -2.35. The number of hydrogen-bond donors (Lipinski definition) is 0. The minimum Gasteiger partial charge on any atom is -0.406 e. The molecule has 1 fully saturated rings. The van der Waals surface area contributed by atoms with Gasteiger partial charge in [-0.3, -0.25) is 14.5 Å². The number of alkyl halides is 3. The van der Waals surface area contributed by atoms with E-state index in [2.05, 4.69) is 4.74 Å². The number of piperazine rings is 1. The molecule has 0 aliphatic carbocycles. The van der Waals surface area contributed by atoms with Gasteiger partial charge in [-0.1, -0.05) is 0 Å². The predicted molar refractivity (Wildman–Crippen MR) is 93.4 cm³/mol. The zero-order valence-electron chi connectivity index (χ0n) is 15.5. The molecule has 0 radical (unpaired) electrons. The first-order valence-corrected chi connectivity index (χ1v) is 8.88. The fourth-order valence-electron chi connectivity index (χ4n) is 2.96. The highest BCUT2D eigenvalue weighted by Crippen LogP contribution is 2.23. The van der Waals surface area contributed by atoms with Gasteiger partial charge in [-0.15, -0.1) is 13.2 Å². The van der Waals surface area contributed by atoms with Gasteiger partial charge in [0.2, 0.25) is 5.91 Å². The monoisotopic (exact) mass is 387 g/mol. The number of hydrogen-bond acceptors (Lipinski definition) is 4. The highest BCUT2D eigenvalue weighted by atomic mass is 19.4. The predicted octanol–water partition coefficient (Wildman–Crippen LogP) is 2.21. The van der Waals surface area contributed by atoms with Crippen molar-refractivity contribution < 1.29 is 27.5 Å². The van der Waals surface area contributed by atoms with Crippen LogP contribution >= 0.6 is 0 Å². The van der Waals surface area contributed by atoms with Crippen molar-refractivity contribution in [2.75, 3.05) is 45.8 Å². The highest BCUT2D eigenvalue weighted by molar-refractivity contribution is 5.94. The molecule has 1 aromatic carbocycles. The molecule has 1 aliphatic rings. The molecule has 2 amide bonds. The van der Waals surface area contributed by atoms with Gasteiger partial charge in [0.15, 0.2) is 0 Å². The van der Waals surface area contributed by atoms with Gasteiger partial charge < -0.3 is 14.5 Å². The standard InChI is InChI=1S/C18H24F3N3O3/c1-3-23(4-2)16(25)13-22-9-11-24(12-10-22)17(26)14-5-7-15(8-6-14)27-18(19,20)21/h5-8H,3-4,9-13H2,1-2H3. The number of rotatable bonds is 6. The van der Waals surface area contributed by atoms with E-state index >= 15 is 0 Å². The van der Waals surface area contributed by atoms with Crippen LogP contribution in [-0.2, 0) is 4.79 Å². The first-order valence-electron chi connectivity index (χ1n) is 8.88. The Balaban J connectivity index is 1.86. The maximum atomic E-state index is 12.5. The molecule has 0 unspecified atom stereocenters. The largest absolute Gasteiger partial charge is 0.573 e. The van der Waals surface area contributed by atoms with Crippen molar-refractivity contribution in [3.8, 4) is 5.75 Å². The van der Waals surface area contributed by atoms with Gasteiger partial charge in [0.25, 0.3) is 5.91 Å². The zero-order valence-corrected chi connectivity index (χ0v) is 15.5. The van der Waals surface area contributed by atoms with E-state index in [0.717, 1.165) is 12.1 Å². The quantitative estimate of drug-likeness (QED) is 0.751. The third-order valence-corrected chi connectivity index (χ3v) is 4.47. The van der Waals surface area contributed by atoms with E-state index in [0.29, 0.717) is 51.4 Å². The van der Waals surface area contributed by atoms with E-state index in [-0.39, 0.29) is 17.6 Å². The maximum absolute atomic E-state index is 12.5. The summed E-state index contributed by atoms with van der Waals surface area (Å²) >= 11 is 0. The Bertz CT molecular complexity index is 637. The number of benzene rings is 1. The van der Waals surface area contributed by atoms with Gasteiger partial charge in [-0.2, -0.15) is 0 Å². The summed E-state index contributed by atoms with van der Waals surface area (Å²) in [6.45, 7) is 7.61. The molecular formula is C18H24F3N3O3. The van der Waals surface area contributed by atoms with E-state index in [1.165, 1.54) is 12.1 Å². The number of amides is 2. The number of halogens is 3. The molecule has 9 heteroatoms. The SMILES string of the molecule is CCN(CC)C(=O)CN1CCN(C(=O)c2ccc(OC(F)(F)F)cc2)CC1. The van der Waals surface area contributed by atoms with Crippen molar-refractivity contribution in [2.24, 2.45) is 0 Å². The van der Waals surface area contributed by atoms with E-state index in [9.17, 15) is 22.8 Å². The summed E-state index contributed by atoms with van der Waals surface area (Å²) in [7, 11) is 0. The van der Waals surface area contributed by atoms with E-state index in [1.54, 1.807) is 9.80 Å². The second kappa shape index (κ2) is 9.07. The van der Waals surface area contributed by atoms with Crippen molar-refractivity contribution in [1.29, 1.82) is 0 Å². The van der Waals surface area contributed by atoms with Crippen LogP contribution in [0.4, 0.5) is 13.2 Å². The van der Waals surface area contributed by atoms with Crippen LogP contribution in [0.1, 0.15) is 24.2 Å². The van der Waals surface area contributed by atoms with Crippen molar-refractivity contribution in [2.45, 2.75) is 20.2 Å². The van der Waals surface area contributed by atoms with Gasteiger partial charge in [0.1, 0.15) is 5.75 Å². The van der Waals surface area contributed by atoms with Gasteiger partial charge in [0.05, 0.1) is 6.54 Å². The second-order valence-electron chi connectivity index (χ2n) is 6.21. The molecule has 6 nitrogen and oxygen atoms in total. The van der Waals surface area contributed by atoms with Crippen LogP contribution in [0.3, 0.4) is 0 Å². The molecule has 1 aromatic rings. The first-order chi connectivity index (χ1) is 12.7. The Morgan fingerprint density at radius 1 is 1.04 bits per heavy atom. The third-order valence-electron chi connectivity index (χ3n) is 4.47. The molecule has 0 bridgehead atoms. The molecular weight excluding hydrogens is 363 g/mol. The number of nitrogens with zero attached hydrogens (tertiary/aromatic N) is 3. The number of carbonyl (C=O) groups excluding carboxylic acids is 2. The second-order valence-corrected chi connectivity index (χ2v) is 6.21. The molecule has 1 saturated heterocycles. The molecule has 0 atom stereocenters. The lowest BCUT2D eigenvalue weighted by Crippen LogP contribution is -2.51. The van der Waals surface area contributed by atoms with Crippen LogP contribution in [0, 0.1) is 0 Å². The Labute approximate surface area is 156 Å². The summed E-state index contributed by atoms with van der Waals surface area (Å²) in [4.78, 5) is 30.1. The van der Waals surface area contributed by atoms with Crippen molar-refractivity contribution in [3.05, 3.63) is 29.8 Å². The normalized spacial score (nSPS) is 15.5. The van der Waals surface area contributed by atoms with Gasteiger partial charge in [-0.05, 0) is 38.1 Å². The number of carbonyl (C=O) groups is 2. The van der Waals surface area contributed by atoms with Crippen LogP contribution in [0.25, 0.3) is 0 Å². The summed E-state index contributed by atoms with van der Waals surface area (Å²) < 4.78 is 40.4. The van der Waals surface area contributed by atoms with Crippen LogP contribution < -0.4 is 4.74 Å². The smallest absolute Gasteiger partial charge is 0.406 e. The fraction of sp³-hybridized carbons (Fsp3) is 0.556. The van der Waals surface area contributed by atoms with Crippen molar-refractivity contribution in [3.63, 3.8) is 0 Å². The molecule has 1 aliphatic heterocycles. The molecule has 2 rings (SSSR count). The van der Waals surface area contributed by atoms with Crippen molar-refractivity contribution >= 4 is 11.8 Å². The summed E-state index contributed by atoms with van der Waals surface area (Å²) in [5, 5.41) is 0. The summed E-state index contributed by atoms with van der Waals surface area (Å²) in [5.41, 5.74) is 0.303. The van der Waals surface area contributed by atoms with Crippen molar-refractivity contribution in [1.82, 2.24) is 14.7 Å². The highest BCUT2D eigenvalue weighted by Gasteiger charge is 2.31. The van der Waals surface area contributed by atoms with Gasteiger partial charge in [0, 0.05) is 44.8 Å². The summed E-state index contributed by atoms with van der Waals surface area (Å²) in [6.07, 6.45) is -4.76. The Morgan fingerprint density at radius 2 is 1.59 bits per heavy atom. The molecule has 0 N–H and O–H groups in total. The zero-order chi connectivity index (χ0) is 20.0. The summed E-state index contributed by atoms with van der Waals surface area (Å²) in [6, 6.07) is 4.89. The Morgan fingerprint density at radius 3 is 2.07 bits per heavy atom. The minimum atomic E-state index is -4.76. The van der Waals surface area contributed by atoms with Gasteiger partial charge in [-0.25, -0.2) is 0 Å². The van der Waals surface area contributed by atoms with E-state index < -0.39 is 6.36 Å². The molecule has 0 spiro atoms. The third kappa shape index (κ3) is 6.13. The molecule has 0 saturated carbocycles. The Hall–Kier alpha value is -2.29. The van der Waals surface area contributed by atoms with E-state index in [4.69, 9.17) is 0 Å². The number of likely N-dealkylation sites (N-methyl/N-ethyl adjacent to an activating group) is 1. The van der Waals surface area contributed by atoms with Crippen LogP contribution in [-0.4, -0.2) is 78.7 Å². The summed E-state index contributed by atoms with van der Waals surface area (Å²) in [5.74, 6) is -0.540. The average Bonchev–Trinajstić information content (AvgIpc) is 2.62. The molecule has 150 valence electrons. The lowest BCUT2D eigenvalue weighted by atomic mass is 10.1. The van der Waals surface area contributed by atoms with Crippen LogP contribution in [0.2, 0.25) is 0 Å². The van der Waals surface area contributed by atoms with Crippen LogP contribution in [0.5, 0.6) is 5.75 Å². The maximum Gasteiger partial charge on any atom is 0.573 e. The molecule has 1 heterocycles. The number of ether oxygens (including phenoxy) is 1. The first kappa shape index (κ1) is 21.0. The topological polar surface area (TPSA) is 53.1 Å². The van der Waals surface area contributed by atoms with Crippen LogP contribution in [0.15, 0.2) is 24.3 Å². The Kier molecular flexibility index (Phi) is 7.06. The molecule has 0 aromatic heterocycles.